The average molecular weight is 343 g/mol. The molecular formula is C18H21N3O4. The third kappa shape index (κ3) is 3.71. The Morgan fingerprint density at radius 3 is 2.76 bits per heavy atom. The molecule has 3 rings (SSSR count). The first-order chi connectivity index (χ1) is 12.1. The SMILES string of the molecule is CCc1c(C(=O)N2CCOC(C(=O)O)C2)cnn1Cc1ccccc1. The number of carboxylic acids is 1. The minimum absolute atomic E-state index is 0.0567. The Kier molecular flexibility index (Phi) is 5.14. The monoisotopic (exact) mass is 343 g/mol. The molecule has 0 bridgehead atoms. The lowest BCUT2D eigenvalue weighted by molar-refractivity contribution is -0.154. The molecule has 1 N–H and O–H groups in total. The number of carboxylic acid groups (broad SMARTS) is 1. The summed E-state index contributed by atoms with van der Waals surface area (Å²) in [6.07, 6.45) is 1.28. The van der Waals surface area contributed by atoms with Crippen molar-refractivity contribution in [3.8, 4) is 0 Å². The predicted octanol–water partition coefficient (Wildman–Crippen LogP) is 1.42. The van der Waals surface area contributed by atoms with Gasteiger partial charge >= 0.3 is 5.97 Å². The molecule has 0 spiro atoms. The summed E-state index contributed by atoms with van der Waals surface area (Å²) < 4.78 is 7.01. The lowest BCUT2D eigenvalue weighted by atomic mass is 10.1. The molecule has 0 radical (unpaired) electrons. The molecule has 1 aromatic carbocycles. The second kappa shape index (κ2) is 7.48. The van der Waals surface area contributed by atoms with Crippen LogP contribution < -0.4 is 0 Å². The number of ether oxygens (including phenoxy) is 1. The summed E-state index contributed by atoms with van der Waals surface area (Å²) >= 11 is 0. The molecule has 2 heterocycles. The molecule has 7 heteroatoms. The number of aliphatic carboxylic acids is 1. The van der Waals surface area contributed by atoms with Gasteiger partial charge in [-0.1, -0.05) is 37.3 Å². The highest BCUT2D eigenvalue weighted by Gasteiger charge is 2.31. The van der Waals surface area contributed by atoms with Gasteiger partial charge < -0.3 is 14.7 Å². The van der Waals surface area contributed by atoms with Crippen molar-refractivity contribution in [2.24, 2.45) is 0 Å². The number of rotatable bonds is 5. The molecule has 2 aromatic rings. The average Bonchev–Trinajstić information content (AvgIpc) is 3.04. The number of benzene rings is 1. The van der Waals surface area contributed by atoms with Crippen molar-refractivity contribution in [1.82, 2.24) is 14.7 Å². The summed E-state index contributed by atoms with van der Waals surface area (Å²) in [6.45, 7) is 3.24. The predicted molar refractivity (Wildman–Crippen MR) is 90.4 cm³/mol. The van der Waals surface area contributed by atoms with Crippen LogP contribution in [-0.4, -0.2) is 57.5 Å². The Bertz CT molecular complexity index is 757. The van der Waals surface area contributed by atoms with E-state index in [-0.39, 0.29) is 19.1 Å². The number of carbonyl (C=O) groups is 2. The number of aromatic nitrogens is 2. The summed E-state index contributed by atoms with van der Waals surface area (Å²) in [5.41, 5.74) is 2.49. The fourth-order valence-corrected chi connectivity index (χ4v) is 3.01. The van der Waals surface area contributed by atoms with Gasteiger partial charge in [0.1, 0.15) is 0 Å². The number of amides is 1. The van der Waals surface area contributed by atoms with Gasteiger partial charge in [0.15, 0.2) is 6.10 Å². The molecule has 7 nitrogen and oxygen atoms in total. The molecular weight excluding hydrogens is 322 g/mol. The molecule has 1 atom stereocenters. The van der Waals surface area contributed by atoms with Crippen LogP contribution in [-0.2, 0) is 22.5 Å². The van der Waals surface area contributed by atoms with Gasteiger partial charge in [0.2, 0.25) is 0 Å². The maximum absolute atomic E-state index is 12.8. The van der Waals surface area contributed by atoms with Crippen LogP contribution in [0, 0.1) is 0 Å². The summed E-state index contributed by atoms with van der Waals surface area (Å²) in [5.74, 6) is -1.24. The Labute approximate surface area is 145 Å². The molecule has 1 amide bonds. The summed E-state index contributed by atoms with van der Waals surface area (Å²) in [7, 11) is 0. The van der Waals surface area contributed by atoms with E-state index < -0.39 is 12.1 Å². The van der Waals surface area contributed by atoms with Crippen molar-refractivity contribution >= 4 is 11.9 Å². The third-order valence-electron chi connectivity index (χ3n) is 4.32. The van der Waals surface area contributed by atoms with Crippen molar-refractivity contribution in [2.75, 3.05) is 19.7 Å². The highest BCUT2D eigenvalue weighted by molar-refractivity contribution is 5.95. The summed E-state index contributed by atoms with van der Waals surface area (Å²) in [5, 5.41) is 13.5. The van der Waals surface area contributed by atoms with E-state index in [0.717, 1.165) is 11.3 Å². The lowest BCUT2D eigenvalue weighted by Gasteiger charge is -2.30. The van der Waals surface area contributed by atoms with Crippen molar-refractivity contribution in [3.63, 3.8) is 0 Å². The van der Waals surface area contributed by atoms with Gasteiger partial charge in [-0.05, 0) is 12.0 Å². The molecule has 1 saturated heterocycles. The largest absolute Gasteiger partial charge is 0.479 e. The Hall–Kier alpha value is -2.67. The van der Waals surface area contributed by atoms with E-state index >= 15 is 0 Å². The van der Waals surface area contributed by atoms with E-state index in [4.69, 9.17) is 9.84 Å². The molecule has 1 unspecified atom stereocenters. The van der Waals surface area contributed by atoms with Crippen LogP contribution in [0.2, 0.25) is 0 Å². The maximum atomic E-state index is 12.8. The van der Waals surface area contributed by atoms with E-state index in [2.05, 4.69) is 5.10 Å². The normalized spacial score (nSPS) is 17.5. The smallest absolute Gasteiger partial charge is 0.334 e. The second-order valence-electron chi connectivity index (χ2n) is 5.95. The molecule has 132 valence electrons. The second-order valence-corrected chi connectivity index (χ2v) is 5.95. The molecule has 1 aliphatic heterocycles. The van der Waals surface area contributed by atoms with Crippen molar-refractivity contribution in [3.05, 3.63) is 53.3 Å². The third-order valence-corrected chi connectivity index (χ3v) is 4.32. The van der Waals surface area contributed by atoms with E-state index in [0.29, 0.717) is 25.1 Å². The van der Waals surface area contributed by atoms with Crippen LogP contribution in [0.3, 0.4) is 0 Å². The van der Waals surface area contributed by atoms with E-state index in [1.165, 1.54) is 4.90 Å². The van der Waals surface area contributed by atoms with Crippen molar-refractivity contribution in [2.45, 2.75) is 26.0 Å². The molecule has 1 aromatic heterocycles. The van der Waals surface area contributed by atoms with Gasteiger partial charge in [0, 0.05) is 6.54 Å². The van der Waals surface area contributed by atoms with Crippen LogP contribution in [0.1, 0.15) is 28.5 Å². The number of carbonyl (C=O) groups excluding carboxylic acids is 1. The zero-order chi connectivity index (χ0) is 17.8. The highest BCUT2D eigenvalue weighted by Crippen LogP contribution is 2.17. The zero-order valence-corrected chi connectivity index (χ0v) is 14.1. The first-order valence-electron chi connectivity index (χ1n) is 8.32. The van der Waals surface area contributed by atoms with Crippen LogP contribution in [0.5, 0.6) is 0 Å². The van der Waals surface area contributed by atoms with Crippen LogP contribution in [0.15, 0.2) is 36.5 Å². The maximum Gasteiger partial charge on any atom is 0.334 e. The fraction of sp³-hybridized carbons (Fsp3) is 0.389. The van der Waals surface area contributed by atoms with Gasteiger partial charge in [-0.15, -0.1) is 0 Å². The van der Waals surface area contributed by atoms with E-state index in [1.807, 2.05) is 41.9 Å². The molecule has 0 saturated carbocycles. The Morgan fingerprint density at radius 2 is 2.08 bits per heavy atom. The minimum atomic E-state index is -1.05. The highest BCUT2D eigenvalue weighted by atomic mass is 16.5. The number of hydrogen-bond acceptors (Lipinski definition) is 4. The van der Waals surface area contributed by atoms with Gasteiger partial charge in [-0.3, -0.25) is 9.48 Å². The fourth-order valence-electron chi connectivity index (χ4n) is 3.01. The van der Waals surface area contributed by atoms with Crippen LogP contribution >= 0.6 is 0 Å². The van der Waals surface area contributed by atoms with E-state index in [9.17, 15) is 9.59 Å². The number of morpholine rings is 1. The number of nitrogens with zero attached hydrogens (tertiary/aromatic N) is 3. The standard InChI is InChI=1S/C18H21N3O4/c1-2-15-14(10-19-21(15)11-13-6-4-3-5-7-13)17(22)20-8-9-25-16(12-20)18(23)24/h3-7,10,16H,2,8-9,11-12H2,1H3,(H,23,24). The molecule has 1 fully saturated rings. The van der Waals surface area contributed by atoms with E-state index in [1.54, 1.807) is 6.20 Å². The Balaban J connectivity index is 1.80. The topological polar surface area (TPSA) is 84.7 Å². The first-order valence-corrected chi connectivity index (χ1v) is 8.32. The van der Waals surface area contributed by atoms with Crippen LogP contribution in [0.25, 0.3) is 0 Å². The first kappa shape index (κ1) is 17.2. The molecule has 1 aliphatic rings. The van der Waals surface area contributed by atoms with Crippen molar-refractivity contribution < 1.29 is 19.4 Å². The van der Waals surface area contributed by atoms with Gasteiger partial charge in [0.25, 0.3) is 5.91 Å². The van der Waals surface area contributed by atoms with Gasteiger partial charge in [-0.25, -0.2) is 4.79 Å². The Morgan fingerprint density at radius 1 is 1.32 bits per heavy atom. The lowest BCUT2D eigenvalue weighted by Crippen LogP contribution is -2.48. The number of hydrogen-bond donors (Lipinski definition) is 1. The van der Waals surface area contributed by atoms with Gasteiger partial charge in [-0.2, -0.15) is 5.10 Å². The summed E-state index contributed by atoms with van der Waals surface area (Å²) in [4.78, 5) is 25.5. The zero-order valence-electron chi connectivity index (χ0n) is 14.1. The summed E-state index contributed by atoms with van der Waals surface area (Å²) in [6, 6.07) is 9.93. The van der Waals surface area contributed by atoms with Crippen LogP contribution in [0.4, 0.5) is 0 Å². The molecule has 25 heavy (non-hydrogen) atoms. The van der Waals surface area contributed by atoms with Crippen molar-refractivity contribution in [1.29, 1.82) is 0 Å². The van der Waals surface area contributed by atoms with Gasteiger partial charge in [0.05, 0.1) is 37.2 Å². The minimum Gasteiger partial charge on any atom is -0.479 e. The quantitative estimate of drug-likeness (QED) is 0.887. The molecule has 0 aliphatic carbocycles.